The van der Waals surface area contributed by atoms with Crippen LogP contribution >= 0.6 is 0 Å². The van der Waals surface area contributed by atoms with Crippen molar-refractivity contribution in [3.05, 3.63) is 46.9 Å². The SMILES string of the molecule is CC(=O)N1CCc2[nH]nc(N3CCc4cc(-c5cn(C)nc5C#N)ccc43)c2C1. The summed E-state index contributed by atoms with van der Waals surface area (Å²) in [6.07, 6.45) is 3.59. The van der Waals surface area contributed by atoms with Crippen LogP contribution in [-0.2, 0) is 31.2 Å². The molecule has 2 aliphatic heterocycles. The second-order valence-electron chi connectivity index (χ2n) is 7.62. The van der Waals surface area contributed by atoms with E-state index in [2.05, 4.69) is 38.4 Å². The number of hydrogen-bond acceptors (Lipinski definition) is 5. The predicted octanol–water partition coefficient (Wildman–Crippen LogP) is 2.28. The maximum Gasteiger partial charge on any atom is 0.219 e. The van der Waals surface area contributed by atoms with Gasteiger partial charge < -0.3 is 9.80 Å². The molecule has 1 aromatic carbocycles. The Hall–Kier alpha value is -3.60. The van der Waals surface area contributed by atoms with Crippen LogP contribution in [0.2, 0.25) is 0 Å². The molecule has 0 spiro atoms. The van der Waals surface area contributed by atoms with Gasteiger partial charge in [-0.1, -0.05) is 6.07 Å². The molecule has 0 aliphatic carbocycles. The Morgan fingerprint density at radius 1 is 1.28 bits per heavy atom. The van der Waals surface area contributed by atoms with Crippen LogP contribution in [0.25, 0.3) is 11.1 Å². The molecular formula is C21H21N7O. The van der Waals surface area contributed by atoms with Crippen molar-refractivity contribution < 1.29 is 4.79 Å². The van der Waals surface area contributed by atoms with E-state index in [0.29, 0.717) is 12.2 Å². The van der Waals surface area contributed by atoms with Crippen LogP contribution < -0.4 is 4.90 Å². The third-order valence-corrected chi connectivity index (χ3v) is 5.83. The number of fused-ring (bicyclic) bond motifs is 2. The largest absolute Gasteiger partial charge is 0.338 e. The number of benzene rings is 1. The summed E-state index contributed by atoms with van der Waals surface area (Å²) in [5.41, 5.74) is 6.89. The van der Waals surface area contributed by atoms with Crippen molar-refractivity contribution in [3.8, 4) is 17.2 Å². The van der Waals surface area contributed by atoms with E-state index in [0.717, 1.165) is 59.8 Å². The molecule has 1 amide bonds. The number of aryl methyl sites for hydroxylation is 1. The number of hydrogen-bond donors (Lipinski definition) is 1. The fraction of sp³-hybridized carbons (Fsp3) is 0.333. The van der Waals surface area contributed by atoms with E-state index < -0.39 is 0 Å². The first-order valence-corrected chi connectivity index (χ1v) is 9.71. The minimum absolute atomic E-state index is 0.0963. The lowest BCUT2D eigenvalue weighted by Gasteiger charge is -2.27. The van der Waals surface area contributed by atoms with E-state index in [1.807, 2.05) is 24.2 Å². The maximum absolute atomic E-state index is 11.8. The van der Waals surface area contributed by atoms with E-state index >= 15 is 0 Å². The lowest BCUT2D eigenvalue weighted by atomic mass is 10.0. The van der Waals surface area contributed by atoms with E-state index in [1.165, 1.54) is 5.56 Å². The smallest absolute Gasteiger partial charge is 0.219 e. The van der Waals surface area contributed by atoms with E-state index in [9.17, 15) is 10.1 Å². The highest BCUT2D eigenvalue weighted by Crippen LogP contribution is 2.39. The van der Waals surface area contributed by atoms with Crippen molar-refractivity contribution >= 4 is 17.4 Å². The maximum atomic E-state index is 11.8. The molecule has 0 bridgehead atoms. The standard InChI is InChI=1S/C21H21N7O/c1-13(29)27-7-6-18-17(12-27)21(24-23-18)28-8-5-15-9-14(3-4-20(15)28)16-11-26(2)25-19(16)10-22/h3-4,9,11H,5-8,12H2,1-2H3,(H,23,24). The average molecular weight is 387 g/mol. The molecule has 8 nitrogen and oxygen atoms in total. The lowest BCUT2D eigenvalue weighted by molar-refractivity contribution is -0.129. The van der Waals surface area contributed by atoms with Gasteiger partial charge >= 0.3 is 0 Å². The molecule has 2 aromatic heterocycles. The third-order valence-electron chi connectivity index (χ3n) is 5.83. The Morgan fingerprint density at radius 2 is 2.14 bits per heavy atom. The second-order valence-corrected chi connectivity index (χ2v) is 7.62. The lowest BCUT2D eigenvalue weighted by Crippen LogP contribution is -2.34. The van der Waals surface area contributed by atoms with Crippen molar-refractivity contribution in [2.45, 2.75) is 26.3 Å². The van der Waals surface area contributed by atoms with Crippen molar-refractivity contribution in [1.82, 2.24) is 24.9 Å². The topological polar surface area (TPSA) is 93.8 Å². The summed E-state index contributed by atoms with van der Waals surface area (Å²) in [7, 11) is 1.82. The average Bonchev–Trinajstić information content (AvgIpc) is 3.42. The van der Waals surface area contributed by atoms with Gasteiger partial charge in [0.05, 0.1) is 6.54 Å². The molecule has 0 radical (unpaired) electrons. The Bertz CT molecular complexity index is 1170. The molecule has 0 saturated carbocycles. The number of aromatic amines is 1. The molecule has 3 aromatic rings. The zero-order valence-corrected chi connectivity index (χ0v) is 16.4. The number of carbonyl (C=O) groups is 1. The number of carbonyl (C=O) groups excluding carboxylic acids is 1. The second kappa shape index (κ2) is 6.48. The molecule has 4 heterocycles. The van der Waals surface area contributed by atoms with Gasteiger partial charge in [-0.3, -0.25) is 14.6 Å². The normalized spacial score (nSPS) is 15.2. The number of aromatic nitrogens is 4. The summed E-state index contributed by atoms with van der Waals surface area (Å²) in [4.78, 5) is 15.9. The molecule has 0 saturated heterocycles. The monoisotopic (exact) mass is 387 g/mol. The fourth-order valence-electron chi connectivity index (χ4n) is 4.34. The molecule has 0 fully saturated rings. The van der Waals surface area contributed by atoms with Crippen LogP contribution in [0.15, 0.2) is 24.4 Å². The number of H-pyrrole nitrogens is 1. The van der Waals surface area contributed by atoms with Crippen molar-refractivity contribution in [3.63, 3.8) is 0 Å². The first-order valence-electron chi connectivity index (χ1n) is 9.71. The first-order chi connectivity index (χ1) is 14.0. The summed E-state index contributed by atoms with van der Waals surface area (Å²) >= 11 is 0. The summed E-state index contributed by atoms with van der Waals surface area (Å²) in [6.45, 7) is 3.79. The van der Waals surface area contributed by atoms with Gasteiger partial charge in [-0.15, -0.1) is 0 Å². The van der Waals surface area contributed by atoms with Gasteiger partial charge in [-0.05, 0) is 29.7 Å². The molecule has 0 unspecified atom stereocenters. The number of nitrogens with one attached hydrogen (secondary N) is 1. The van der Waals surface area contributed by atoms with Gasteiger partial charge in [-0.2, -0.15) is 15.5 Å². The van der Waals surface area contributed by atoms with Gasteiger partial charge in [-0.25, -0.2) is 0 Å². The Kier molecular flexibility index (Phi) is 3.91. The highest BCUT2D eigenvalue weighted by molar-refractivity contribution is 5.78. The number of amides is 1. The zero-order chi connectivity index (χ0) is 20.1. The Balaban J connectivity index is 1.50. The van der Waals surface area contributed by atoms with E-state index in [4.69, 9.17) is 0 Å². The highest BCUT2D eigenvalue weighted by atomic mass is 16.2. The van der Waals surface area contributed by atoms with Crippen molar-refractivity contribution in [2.24, 2.45) is 7.05 Å². The highest BCUT2D eigenvalue weighted by Gasteiger charge is 2.30. The quantitative estimate of drug-likeness (QED) is 0.728. The minimum atomic E-state index is 0.0963. The zero-order valence-electron chi connectivity index (χ0n) is 16.4. The number of anilines is 2. The molecule has 5 rings (SSSR count). The van der Waals surface area contributed by atoms with E-state index in [-0.39, 0.29) is 5.91 Å². The van der Waals surface area contributed by atoms with E-state index in [1.54, 1.807) is 11.6 Å². The molecule has 1 N–H and O–H groups in total. The Morgan fingerprint density at radius 3 is 2.93 bits per heavy atom. The van der Waals surface area contributed by atoms with Crippen molar-refractivity contribution in [1.29, 1.82) is 5.26 Å². The van der Waals surface area contributed by atoms with Gasteiger partial charge in [0.15, 0.2) is 11.5 Å². The van der Waals surface area contributed by atoms with Crippen LogP contribution in [0.1, 0.15) is 29.4 Å². The number of rotatable bonds is 2. The van der Waals surface area contributed by atoms with Gasteiger partial charge in [0.25, 0.3) is 0 Å². The van der Waals surface area contributed by atoms with Gasteiger partial charge in [0.2, 0.25) is 5.91 Å². The molecule has 29 heavy (non-hydrogen) atoms. The van der Waals surface area contributed by atoms with Gasteiger partial charge in [0, 0.05) is 62.2 Å². The summed E-state index contributed by atoms with van der Waals surface area (Å²) in [5, 5.41) is 21.3. The summed E-state index contributed by atoms with van der Waals surface area (Å²) < 4.78 is 1.67. The molecule has 0 atom stereocenters. The minimum Gasteiger partial charge on any atom is -0.338 e. The fourth-order valence-corrected chi connectivity index (χ4v) is 4.34. The summed E-state index contributed by atoms with van der Waals surface area (Å²) in [6, 6.07) is 8.45. The van der Waals surface area contributed by atoms with Gasteiger partial charge in [0.1, 0.15) is 6.07 Å². The molecular weight excluding hydrogens is 366 g/mol. The molecule has 8 heteroatoms. The van der Waals surface area contributed by atoms with Crippen molar-refractivity contribution in [2.75, 3.05) is 18.0 Å². The number of nitriles is 1. The van der Waals surface area contributed by atoms with Crippen LogP contribution in [0, 0.1) is 11.3 Å². The van der Waals surface area contributed by atoms with Crippen LogP contribution in [0.3, 0.4) is 0 Å². The van der Waals surface area contributed by atoms with Crippen LogP contribution in [-0.4, -0.2) is 43.9 Å². The number of nitrogens with zero attached hydrogens (tertiary/aromatic N) is 6. The third kappa shape index (κ3) is 2.78. The predicted molar refractivity (Wildman–Crippen MR) is 107 cm³/mol. The molecule has 2 aliphatic rings. The molecule has 146 valence electrons. The summed E-state index contributed by atoms with van der Waals surface area (Å²) in [5.74, 6) is 1.01. The first kappa shape index (κ1) is 17.5. The van der Waals surface area contributed by atoms with Crippen LogP contribution in [0.4, 0.5) is 11.5 Å². The van der Waals surface area contributed by atoms with Crippen LogP contribution in [0.5, 0.6) is 0 Å². The Labute approximate surface area is 168 Å².